The Labute approximate surface area is 144 Å². The number of carbonyl (C=O) groups excluding carboxylic acids is 1. The van der Waals surface area contributed by atoms with Crippen molar-refractivity contribution in [2.24, 2.45) is 5.10 Å². The van der Waals surface area contributed by atoms with Gasteiger partial charge >= 0.3 is 6.61 Å². The Kier molecular flexibility index (Phi) is 6.45. The zero-order chi connectivity index (χ0) is 18.2. The Hall–Kier alpha value is -2.96. The second kappa shape index (κ2) is 8.77. The van der Waals surface area contributed by atoms with Gasteiger partial charge in [-0.25, -0.2) is 5.43 Å². The monoisotopic (exact) mass is 348 g/mol. The number of ether oxygens (including phenoxy) is 2. The largest absolute Gasteiger partial charge is 0.493 e. The minimum atomic E-state index is -2.94. The lowest BCUT2D eigenvalue weighted by Crippen LogP contribution is -2.17. The smallest absolute Gasteiger partial charge is 0.387 e. The van der Waals surface area contributed by atoms with Gasteiger partial charge in [0.1, 0.15) is 0 Å². The predicted octanol–water partition coefficient (Wildman–Crippen LogP) is 3.62. The molecule has 0 fully saturated rings. The maximum atomic E-state index is 12.3. The Morgan fingerprint density at radius 2 is 1.92 bits per heavy atom. The predicted molar refractivity (Wildman–Crippen MR) is 90.5 cm³/mol. The third kappa shape index (κ3) is 5.27. The number of methoxy groups -OCH3 is 1. The third-order valence-electron chi connectivity index (χ3n) is 3.41. The highest BCUT2D eigenvalue weighted by Crippen LogP contribution is 2.28. The summed E-state index contributed by atoms with van der Waals surface area (Å²) in [5.74, 6) is -0.274. The molecular weight excluding hydrogens is 330 g/mol. The van der Waals surface area contributed by atoms with Crippen LogP contribution in [0, 0.1) is 0 Å². The van der Waals surface area contributed by atoms with E-state index < -0.39 is 6.61 Å². The first kappa shape index (κ1) is 18.4. The number of halogens is 2. The molecule has 1 amide bonds. The van der Waals surface area contributed by atoms with Crippen molar-refractivity contribution < 1.29 is 23.0 Å². The van der Waals surface area contributed by atoms with Crippen LogP contribution in [-0.4, -0.2) is 25.8 Å². The summed E-state index contributed by atoms with van der Waals surface area (Å²) < 4.78 is 33.9. The normalized spacial score (nSPS) is 10.9. The topological polar surface area (TPSA) is 59.9 Å². The van der Waals surface area contributed by atoms with Gasteiger partial charge < -0.3 is 9.47 Å². The fraction of sp³-hybridized carbons (Fsp3) is 0.222. The Balaban J connectivity index is 2.02. The quantitative estimate of drug-likeness (QED) is 0.614. The fourth-order valence-corrected chi connectivity index (χ4v) is 2.08. The molecular formula is C18H18F2N2O3. The fourth-order valence-electron chi connectivity index (χ4n) is 2.08. The maximum Gasteiger partial charge on any atom is 0.387 e. The molecule has 0 saturated carbocycles. The maximum absolute atomic E-state index is 12.3. The molecule has 1 N–H and O–H groups in total. The first-order chi connectivity index (χ1) is 12.0. The summed E-state index contributed by atoms with van der Waals surface area (Å²) in [5.41, 5.74) is 4.59. The average molecular weight is 348 g/mol. The molecule has 0 bridgehead atoms. The van der Waals surface area contributed by atoms with Gasteiger partial charge in [-0.15, -0.1) is 0 Å². The van der Waals surface area contributed by atoms with E-state index in [1.54, 1.807) is 12.1 Å². The molecule has 0 unspecified atom stereocenters. The molecule has 0 atom stereocenters. The van der Waals surface area contributed by atoms with Gasteiger partial charge in [0.15, 0.2) is 11.5 Å². The Morgan fingerprint density at radius 3 is 2.52 bits per heavy atom. The minimum absolute atomic E-state index is 0.0744. The number of benzene rings is 2. The summed E-state index contributed by atoms with van der Waals surface area (Å²) >= 11 is 0. The van der Waals surface area contributed by atoms with Gasteiger partial charge in [-0.05, 0) is 47.9 Å². The van der Waals surface area contributed by atoms with Gasteiger partial charge in [0.05, 0.1) is 13.3 Å². The third-order valence-corrected chi connectivity index (χ3v) is 3.41. The van der Waals surface area contributed by atoms with Gasteiger partial charge in [0.2, 0.25) is 0 Å². The molecule has 5 nitrogen and oxygen atoms in total. The number of nitrogens with zero attached hydrogens (tertiary/aromatic N) is 1. The molecule has 0 saturated heterocycles. The van der Waals surface area contributed by atoms with Crippen molar-refractivity contribution in [3.05, 3.63) is 59.2 Å². The van der Waals surface area contributed by atoms with E-state index >= 15 is 0 Å². The number of carbonyl (C=O) groups is 1. The van der Waals surface area contributed by atoms with Gasteiger partial charge in [-0.3, -0.25) is 4.79 Å². The summed E-state index contributed by atoms with van der Waals surface area (Å²) in [4.78, 5) is 12.0. The van der Waals surface area contributed by atoms with E-state index in [4.69, 9.17) is 4.74 Å². The second-order valence-corrected chi connectivity index (χ2v) is 5.04. The van der Waals surface area contributed by atoms with E-state index in [1.165, 1.54) is 31.5 Å². The van der Waals surface area contributed by atoms with Crippen molar-refractivity contribution in [3.8, 4) is 11.5 Å². The lowest BCUT2D eigenvalue weighted by Gasteiger charge is -2.09. The number of nitrogens with one attached hydrogen (secondary N) is 1. The standard InChI is InChI=1S/C18H18F2N2O3/c1-3-12-4-7-14(8-5-12)17(23)22-21-11-13-6-9-15(25-18(19)20)16(10-13)24-2/h4-11,18H,3H2,1-2H3,(H,22,23)/b21-11-. The molecule has 0 radical (unpaired) electrons. The van der Waals surface area contributed by atoms with E-state index in [2.05, 4.69) is 15.3 Å². The van der Waals surface area contributed by atoms with Crippen LogP contribution < -0.4 is 14.9 Å². The lowest BCUT2D eigenvalue weighted by atomic mass is 10.1. The Morgan fingerprint density at radius 1 is 1.20 bits per heavy atom. The molecule has 132 valence electrons. The average Bonchev–Trinajstić information content (AvgIpc) is 2.62. The highest BCUT2D eigenvalue weighted by Gasteiger charge is 2.10. The van der Waals surface area contributed by atoms with Gasteiger partial charge in [0, 0.05) is 5.56 Å². The van der Waals surface area contributed by atoms with Crippen LogP contribution in [0.2, 0.25) is 0 Å². The van der Waals surface area contributed by atoms with Crippen LogP contribution in [0.15, 0.2) is 47.6 Å². The molecule has 0 aliphatic rings. The molecule has 0 aliphatic carbocycles. The molecule has 7 heteroatoms. The number of hydrogen-bond acceptors (Lipinski definition) is 4. The highest BCUT2D eigenvalue weighted by atomic mass is 19.3. The number of amides is 1. The summed E-state index contributed by atoms with van der Waals surface area (Å²) in [5, 5.41) is 3.86. The molecule has 0 aromatic heterocycles. The lowest BCUT2D eigenvalue weighted by molar-refractivity contribution is -0.0512. The van der Waals surface area contributed by atoms with Crippen LogP contribution in [0.4, 0.5) is 8.78 Å². The van der Waals surface area contributed by atoms with Crippen LogP contribution >= 0.6 is 0 Å². The highest BCUT2D eigenvalue weighted by molar-refractivity contribution is 5.94. The van der Waals surface area contributed by atoms with E-state index in [9.17, 15) is 13.6 Å². The van der Waals surface area contributed by atoms with Crippen molar-refractivity contribution in [1.29, 1.82) is 0 Å². The molecule has 0 heterocycles. The van der Waals surface area contributed by atoms with E-state index in [0.717, 1.165) is 12.0 Å². The van der Waals surface area contributed by atoms with Crippen molar-refractivity contribution in [2.45, 2.75) is 20.0 Å². The number of aryl methyl sites for hydroxylation is 1. The second-order valence-electron chi connectivity index (χ2n) is 5.04. The number of alkyl halides is 2. The summed E-state index contributed by atoms with van der Waals surface area (Å²) in [6, 6.07) is 11.6. The van der Waals surface area contributed by atoms with E-state index in [0.29, 0.717) is 11.1 Å². The van der Waals surface area contributed by atoms with Crippen LogP contribution in [0.3, 0.4) is 0 Å². The minimum Gasteiger partial charge on any atom is -0.493 e. The van der Waals surface area contributed by atoms with Gasteiger partial charge in [0.25, 0.3) is 5.91 Å². The zero-order valence-electron chi connectivity index (χ0n) is 13.8. The van der Waals surface area contributed by atoms with Crippen molar-refractivity contribution in [2.75, 3.05) is 7.11 Å². The first-order valence-electron chi connectivity index (χ1n) is 7.58. The van der Waals surface area contributed by atoms with Crippen LogP contribution in [0.1, 0.15) is 28.4 Å². The van der Waals surface area contributed by atoms with E-state index in [-0.39, 0.29) is 17.4 Å². The SMILES string of the molecule is CCc1ccc(C(=O)N/N=C\c2ccc(OC(F)F)c(OC)c2)cc1. The van der Waals surface area contributed by atoms with E-state index in [1.807, 2.05) is 19.1 Å². The van der Waals surface area contributed by atoms with Gasteiger partial charge in [-0.2, -0.15) is 13.9 Å². The summed E-state index contributed by atoms with van der Waals surface area (Å²) in [6.07, 6.45) is 2.28. The van der Waals surface area contributed by atoms with Crippen molar-refractivity contribution in [1.82, 2.24) is 5.43 Å². The zero-order valence-corrected chi connectivity index (χ0v) is 13.8. The van der Waals surface area contributed by atoms with Crippen LogP contribution in [0.25, 0.3) is 0 Å². The number of hydrazone groups is 1. The molecule has 2 aromatic rings. The first-order valence-corrected chi connectivity index (χ1v) is 7.58. The molecule has 2 aromatic carbocycles. The number of hydrogen-bond donors (Lipinski definition) is 1. The molecule has 25 heavy (non-hydrogen) atoms. The van der Waals surface area contributed by atoms with Gasteiger partial charge in [-0.1, -0.05) is 19.1 Å². The molecule has 0 aliphatic heterocycles. The van der Waals surface area contributed by atoms with Crippen LogP contribution in [-0.2, 0) is 6.42 Å². The summed E-state index contributed by atoms with van der Waals surface area (Å²) in [7, 11) is 1.34. The molecule has 2 rings (SSSR count). The van der Waals surface area contributed by atoms with Crippen molar-refractivity contribution in [3.63, 3.8) is 0 Å². The summed E-state index contributed by atoms with van der Waals surface area (Å²) in [6.45, 7) is -0.905. The van der Waals surface area contributed by atoms with Crippen LogP contribution in [0.5, 0.6) is 11.5 Å². The molecule has 0 spiro atoms. The number of rotatable bonds is 7. The van der Waals surface area contributed by atoms with Crippen molar-refractivity contribution >= 4 is 12.1 Å². The Bertz CT molecular complexity index is 746.